The van der Waals surface area contributed by atoms with Gasteiger partial charge >= 0.3 is 0 Å². The molecule has 1 aromatic carbocycles. The van der Waals surface area contributed by atoms with Crippen molar-refractivity contribution in [3.8, 4) is 11.4 Å². The van der Waals surface area contributed by atoms with Crippen molar-refractivity contribution in [3.05, 3.63) is 35.5 Å². The number of nitrogens with zero attached hydrogens (tertiary/aromatic N) is 2. The van der Waals surface area contributed by atoms with Gasteiger partial charge in [0.15, 0.2) is 0 Å². The van der Waals surface area contributed by atoms with Gasteiger partial charge in [-0.15, -0.1) is 0 Å². The molecule has 1 aromatic heterocycles. The molecule has 20 heavy (non-hydrogen) atoms. The molecule has 0 fully saturated rings. The molecule has 0 saturated carbocycles. The van der Waals surface area contributed by atoms with Crippen LogP contribution in [0.4, 0.5) is 4.39 Å². The molecule has 0 aliphatic carbocycles. The number of halogens is 1. The van der Waals surface area contributed by atoms with E-state index in [9.17, 15) is 4.39 Å². The van der Waals surface area contributed by atoms with Gasteiger partial charge in [0.25, 0.3) is 0 Å². The fourth-order valence-corrected chi connectivity index (χ4v) is 1.98. The summed E-state index contributed by atoms with van der Waals surface area (Å²) in [5.41, 5.74) is 1.55. The Balaban J connectivity index is 2.16. The quantitative estimate of drug-likeness (QED) is 0.876. The second kappa shape index (κ2) is 6.58. The van der Waals surface area contributed by atoms with Gasteiger partial charge in [0.1, 0.15) is 5.82 Å². The molecule has 2 aromatic rings. The van der Waals surface area contributed by atoms with E-state index in [4.69, 9.17) is 9.26 Å². The minimum Gasteiger partial charge on any atom is -0.383 e. The summed E-state index contributed by atoms with van der Waals surface area (Å²) in [6.45, 7) is 2.37. The smallest absolute Gasteiger partial charge is 0.228 e. The van der Waals surface area contributed by atoms with Crippen LogP contribution in [0.1, 0.15) is 11.5 Å². The van der Waals surface area contributed by atoms with E-state index < -0.39 is 0 Å². The van der Waals surface area contributed by atoms with Crippen LogP contribution < -0.4 is 5.32 Å². The van der Waals surface area contributed by atoms with Crippen LogP contribution in [0.2, 0.25) is 0 Å². The molecule has 2 rings (SSSR count). The number of ether oxygens (including phenoxy) is 1. The highest BCUT2D eigenvalue weighted by atomic mass is 19.1. The van der Waals surface area contributed by atoms with Gasteiger partial charge in [-0.05, 0) is 37.7 Å². The number of methoxy groups -OCH3 is 1. The highest BCUT2D eigenvalue weighted by molar-refractivity contribution is 5.59. The molecule has 6 heteroatoms. The molecule has 1 heterocycles. The van der Waals surface area contributed by atoms with Gasteiger partial charge in [-0.1, -0.05) is 5.16 Å². The highest BCUT2D eigenvalue weighted by Crippen LogP contribution is 2.21. The molecule has 0 aliphatic rings. The van der Waals surface area contributed by atoms with E-state index in [-0.39, 0.29) is 11.9 Å². The Morgan fingerprint density at radius 3 is 2.90 bits per heavy atom. The van der Waals surface area contributed by atoms with Crippen molar-refractivity contribution in [3.63, 3.8) is 0 Å². The van der Waals surface area contributed by atoms with Crippen LogP contribution in [0.25, 0.3) is 11.4 Å². The third kappa shape index (κ3) is 3.40. The molecular weight excluding hydrogens is 261 g/mol. The zero-order chi connectivity index (χ0) is 14.5. The number of rotatable bonds is 6. The van der Waals surface area contributed by atoms with Gasteiger partial charge in [-0.25, -0.2) is 4.39 Å². The molecule has 0 spiro atoms. The van der Waals surface area contributed by atoms with Crippen molar-refractivity contribution in [2.75, 3.05) is 20.8 Å². The number of benzene rings is 1. The molecule has 0 bridgehead atoms. The van der Waals surface area contributed by atoms with Gasteiger partial charge in [0.2, 0.25) is 11.7 Å². The summed E-state index contributed by atoms with van der Waals surface area (Å²) >= 11 is 0. The molecule has 5 nitrogen and oxygen atoms in total. The molecule has 0 saturated heterocycles. The lowest BCUT2D eigenvalue weighted by Crippen LogP contribution is -2.32. The van der Waals surface area contributed by atoms with Crippen LogP contribution in [-0.4, -0.2) is 36.9 Å². The standard InChI is InChI=1S/C14H18FN3O2/c1-9-6-10(15)4-5-12(9)14-17-13(20-18-14)7-11(16-2)8-19-3/h4-6,11,16H,7-8H2,1-3H3. The number of hydrogen-bond donors (Lipinski definition) is 1. The first kappa shape index (κ1) is 14.6. The summed E-state index contributed by atoms with van der Waals surface area (Å²) in [7, 11) is 3.50. The van der Waals surface area contributed by atoms with E-state index in [1.54, 1.807) is 13.2 Å². The van der Waals surface area contributed by atoms with E-state index in [1.165, 1.54) is 12.1 Å². The lowest BCUT2D eigenvalue weighted by molar-refractivity contribution is 0.165. The van der Waals surface area contributed by atoms with Crippen molar-refractivity contribution in [1.29, 1.82) is 0 Å². The Morgan fingerprint density at radius 1 is 1.45 bits per heavy atom. The van der Waals surface area contributed by atoms with Crippen LogP contribution in [0.5, 0.6) is 0 Å². The summed E-state index contributed by atoms with van der Waals surface area (Å²) in [5, 5.41) is 7.06. The molecule has 0 amide bonds. The number of aryl methyl sites for hydroxylation is 1. The molecule has 108 valence electrons. The average Bonchev–Trinajstić information content (AvgIpc) is 2.86. The fraction of sp³-hybridized carbons (Fsp3) is 0.429. The van der Waals surface area contributed by atoms with E-state index >= 15 is 0 Å². The second-order valence-electron chi connectivity index (χ2n) is 4.62. The molecule has 1 atom stereocenters. The third-order valence-electron chi connectivity index (χ3n) is 3.09. The summed E-state index contributed by atoms with van der Waals surface area (Å²) in [4.78, 5) is 4.35. The third-order valence-corrected chi connectivity index (χ3v) is 3.09. The van der Waals surface area contributed by atoms with E-state index in [2.05, 4.69) is 15.5 Å². The lowest BCUT2D eigenvalue weighted by Gasteiger charge is -2.11. The SMILES string of the molecule is CNC(COC)Cc1nc(-c2ccc(F)cc2C)no1. The van der Waals surface area contributed by atoms with Gasteiger partial charge in [0, 0.05) is 25.1 Å². The summed E-state index contributed by atoms with van der Waals surface area (Å²) in [6.07, 6.45) is 0.581. The summed E-state index contributed by atoms with van der Waals surface area (Å²) < 4.78 is 23.4. The average molecular weight is 279 g/mol. The van der Waals surface area contributed by atoms with Crippen LogP contribution in [0, 0.1) is 12.7 Å². The predicted octanol–water partition coefficient (Wildman–Crippen LogP) is 1.96. The predicted molar refractivity (Wildman–Crippen MR) is 72.9 cm³/mol. The van der Waals surface area contributed by atoms with Crippen molar-refractivity contribution < 1.29 is 13.7 Å². The van der Waals surface area contributed by atoms with Crippen molar-refractivity contribution in [2.24, 2.45) is 0 Å². The number of nitrogens with one attached hydrogen (secondary N) is 1. The topological polar surface area (TPSA) is 60.2 Å². The Morgan fingerprint density at radius 2 is 2.25 bits per heavy atom. The summed E-state index contributed by atoms with van der Waals surface area (Å²) in [6, 6.07) is 4.61. The maximum Gasteiger partial charge on any atom is 0.228 e. The minimum absolute atomic E-state index is 0.114. The molecule has 0 aliphatic heterocycles. The largest absolute Gasteiger partial charge is 0.383 e. The maximum atomic E-state index is 13.1. The van der Waals surface area contributed by atoms with E-state index in [1.807, 2.05) is 14.0 Å². The number of hydrogen-bond acceptors (Lipinski definition) is 5. The molecule has 0 radical (unpaired) electrons. The first-order valence-corrected chi connectivity index (χ1v) is 6.39. The fourth-order valence-electron chi connectivity index (χ4n) is 1.98. The highest BCUT2D eigenvalue weighted by Gasteiger charge is 2.15. The van der Waals surface area contributed by atoms with E-state index in [0.29, 0.717) is 24.7 Å². The number of likely N-dealkylation sites (N-methyl/N-ethyl adjacent to an activating group) is 1. The molecule has 1 N–H and O–H groups in total. The zero-order valence-electron chi connectivity index (χ0n) is 11.8. The van der Waals surface area contributed by atoms with Crippen molar-refractivity contribution >= 4 is 0 Å². The molecular formula is C14H18FN3O2. The molecule has 1 unspecified atom stereocenters. The minimum atomic E-state index is -0.273. The first-order chi connectivity index (χ1) is 9.63. The van der Waals surface area contributed by atoms with Crippen LogP contribution >= 0.6 is 0 Å². The Bertz CT molecular complexity index is 571. The monoisotopic (exact) mass is 279 g/mol. The van der Waals surface area contributed by atoms with Gasteiger partial charge in [-0.2, -0.15) is 4.98 Å². The zero-order valence-corrected chi connectivity index (χ0v) is 11.8. The van der Waals surface area contributed by atoms with E-state index in [0.717, 1.165) is 11.1 Å². The number of aromatic nitrogens is 2. The normalized spacial score (nSPS) is 12.6. The van der Waals surface area contributed by atoms with Gasteiger partial charge in [-0.3, -0.25) is 0 Å². The van der Waals surface area contributed by atoms with Crippen LogP contribution in [0.3, 0.4) is 0 Å². The van der Waals surface area contributed by atoms with Gasteiger partial charge < -0.3 is 14.6 Å². The Labute approximate surface area is 117 Å². The van der Waals surface area contributed by atoms with Crippen LogP contribution in [0.15, 0.2) is 22.7 Å². The van der Waals surface area contributed by atoms with Gasteiger partial charge in [0.05, 0.1) is 6.61 Å². The Kier molecular flexibility index (Phi) is 4.81. The maximum absolute atomic E-state index is 13.1. The second-order valence-corrected chi connectivity index (χ2v) is 4.62. The first-order valence-electron chi connectivity index (χ1n) is 6.39. The van der Waals surface area contributed by atoms with Crippen LogP contribution in [-0.2, 0) is 11.2 Å². The Hall–Kier alpha value is -1.79. The lowest BCUT2D eigenvalue weighted by atomic mass is 10.1. The summed E-state index contributed by atoms with van der Waals surface area (Å²) in [5.74, 6) is 0.732. The van der Waals surface area contributed by atoms with Crippen molar-refractivity contribution in [2.45, 2.75) is 19.4 Å². The van der Waals surface area contributed by atoms with Crippen molar-refractivity contribution in [1.82, 2.24) is 15.5 Å².